The number of hydrogen-bond donors (Lipinski definition) is 3. The number of hydrogen-bond acceptors (Lipinski definition) is 3. The number of thioether (sulfide) groups is 1. The van der Waals surface area contributed by atoms with Crippen molar-refractivity contribution in [3.05, 3.63) is 54.1 Å². The molecule has 2 aromatic carbocycles. The number of benzene rings is 2. The summed E-state index contributed by atoms with van der Waals surface area (Å²) in [5.74, 6) is 0.198. The van der Waals surface area contributed by atoms with Crippen molar-refractivity contribution in [2.45, 2.75) is 31.1 Å². The summed E-state index contributed by atoms with van der Waals surface area (Å²) >= 11 is 1.48. The molecular formula is C19H23N3O2S. The first-order valence-electron chi connectivity index (χ1n) is 7.94. The second kappa shape index (κ2) is 8.07. The number of carbonyl (C=O) groups is 2. The van der Waals surface area contributed by atoms with Crippen LogP contribution in [-0.4, -0.2) is 17.7 Å². The van der Waals surface area contributed by atoms with Gasteiger partial charge in [0.25, 0.3) is 0 Å². The van der Waals surface area contributed by atoms with Crippen LogP contribution in [0, 0.1) is 0 Å². The molecule has 6 heteroatoms. The number of nitrogens with one attached hydrogen (secondary N) is 2. The van der Waals surface area contributed by atoms with Crippen LogP contribution in [0.5, 0.6) is 0 Å². The van der Waals surface area contributed by atoms with Gasteiger partial charge >= 0.3 is 6.03 Å². The Morgan fingerprint density at radius 2 is 1.60 bits per heavy atom. The Morgan fingerprint density at radius 3 is 2.16 bits per heavy atom. The van der Waals surface area contributed by atoms with Gasteiger partial charge in [0.2, 0.25) is 5.91 Å². The molecule has 4 N–H and O–H groups in total. The fourth-order valence-electron chi connectivity index (χ4n) is 2.21. The topological polar surface area (TPSA) is 84.2 Å². The van der Waals surface area contributed by atoms with Gasteiger partial charge in [-0.05, 0) is 41.3 Å². The molecular weight excluding hydrogens is 334 g/mol. The zero-order chi connectivity index (χ0) is 18.4. The zero-order valence-electron chi connectivity index (χ0n) is 14.6. The van der Waals surface area contributed by atoms with E-state index in [2.05, 4.69) is 43.5 Å². The van der Waals surface area contributed by atoms with E-state index in [1.807, 2.05) is 12.1 Å². The summed E-state index contributed by atoms with van der Waals surface area (Å²) in [6, 6.07) is 14.5. The van der Waals surface area contributed by atoms with Crippen molar-refractivity contribution in [1.29, 1.82) is 0 Å². The molecule has 0 aromatic heterocycles. The van der Waals surface area contributed by atoms with Crippen LogP contribution in [0.4, 0.5) is 16.2 Å². The van der Waals surface area contributed by atoms with Crippen molar-refractivity contribution in [3.8, 4) is 0 Å². The molecule has 3 amide bonds. The fraction of sp³-hybridized carbons (Fsp3) is 0.263. The minimum Gasteiger partial charge on any atom is -0.351 e. The molecule has 0 saturated heterocycles. The molecule has 2 aromatic rings. The molecule has 0 radical (unpaired) electrons. The molecule has 0 atom stereocenters. The van der Waals surface area contributed by atoms with Crippen LogP contribution < -0.4 is 16.4 Å². The molecule has 0 saturated carbocycles. The van der Waals surface area contributed by atoms with E-state index in [1.54, 1.807) is 24.3 Å². The zero-order valence-corrected chi connectivity index (χ0v) is 15.4. The molecule has 132 valence electrons. The second-order valence-corrected chi connectivity index (χ2v) is 7.73. The van der Waals surface area contributed by atoms with Crippen molar-refractivity contribution in [3.63, 3.8) is 0 Å². The van der Waals surface area contributed by atoms with Crippen LogP contribution in [0.1, 0.15) is 26.3 Å². The van der Waals surface area contributed by atoms with Crippen molar-refractivity contribution in [2.24, 2.45) is 5.73 Å². The van der Waals surface area contributed by atoms with E-state index in [0.717, 1.165) is 4.90 Å². The fourth-order valence-corrected chi connectivity index (χ4v) is 2.91. The third-order valence-electron chi connectivity index (χ3n) is 3.50. The highest BCUT2D eigenvalue weighted by atomic mass is 32.2. The molecule has 0 fully saturated rings. The number of urea groups is 1. The average molecular weight is 357 g/mol. The third kappa shape index (κ3) is 6.15. The lowest BCUT2D eigenvalue weighted by atomic mass is 9.87. The van der Waals surface area contributed by atoms with E-state index in [0.29, 0.717) is 17.1 Å². The lowest BCUT2D eigenvalue weighted by molar-refractivity contribution is -0.113. The minimum atomic E-state index is -0.641. The summed E-state index contributed by atoms with van der Waals surface area (Å²) in [7, 11) is 0. The van der Waals surface area contributed by atoms with Crippen LogP contribution in [-0.2, 0) is 10.2 Å². The molecule has 0 aliphatic carbocycles. The number of nitrogens with two attached hydrogens (primary N) is 1. The first kappa shape index (κ1) is 18.9. The van der Waals surface area contributed by atoms with Crippen molar-refractivity contribution in [1.82, 2.24) is 0 Å². The maximum absolute atomic E-state index is 12.1. The van der Waals surface area contributed by atoms with Crippen molar-refractivity contribution < 1.29 is 9.59 Å². The minimum absolute atomic E-state index is 0.110. The summed E-state index contributed by atoms with van der Waals surface area (Å²) in [6.07, 6.45) is 0. The Kier molecular flexibility index (Phi) is 6.09. The molecule has 25 heavy (non-hydrogen) atoms. The van der Waals surface area contributed by atoms with Crippen LogP contribution in [0.25, 0.3) is 0 Å². The summed E-state index contributed by atoms with van der Waals surface area (Å²) in [5.41, 5.74) is 7.61. The normalized spacial score (nSPS) is 11.0. The number of rotatable bonds is 5. The van der Waals surface area contributed by atoms with E-state index >= 15 is 0 Å². The first-order chi connectivity index (χ1) is 11.7. The number of anilines is 2. The Morgan fingerprint density at radius 1 is 1.00 bits per heavy atom. The quantitative estimate of drug-likeness (QED) is 0.701. The average Bonchev–Trinajstić information content (AvgIpc) is 2.52. The van der Waals surface area contributed by atoms with Crippen molar-refractivity contribution >= 4 is 35.1 Å². The molecule has 0 heterocycles. The highest BCUT2D eigenvalue weighted by Gasteiger charge is 2.13. The van der Waals surface area contributed by atoms with Crippen LogP contribution in [0.15, 0.2) is 53.4 Å². The van der Waals surface area contributed by atoms with Gasteiger partial charge in [0.05, 0.1) is 5.75 Å². The van der Waals surface area contributed by atoms with E-state index in [9.17, 15) is 9.59 Å². The lowest BCUT2D eigenvalue weighted by Crippen LogP contribution is -2.19. The molecule has 0 aliphatic heterocycles. The summed E-state index contributed by atoms with van der Waals surface area (Å²) in [5, 5.41) is 5.29. The molecule has 0 spiro atoms. The molecule has 0 bridgehead atoms. The highest BCUT2D eigenvalue weighted by molar-refractivity contribution is 8.00. The summed E-state index contributed by atoms with van der Waals surface area (Å²) in [4.78, 5) is 24.0. The maximum atomic E-state index is 12.1. The van der Waals surface area contributed by atoms with Crippen LogP contribution in [0.2, 0.25) is 0 Å². The largest absolute Gasteiger partial charge is 0.351 e. The van der Waals surface area contributed by atoms with Gasteiger partial charge in [-0.25, -0.2) is 4.79 Å². The molecule has 0 unspecified atom stereocenters. The van der Waals surface area contributed by atoms with Crippen LogP contribution in [0.3, 0.4) is 0 Å². The first-order valence-corrected chi connectivity index (χ1v) is 8.92. The predicted octanol–water partition coefficient (Wildman–Crippen LogP) is 4.21. The lowest BCUT2D eigenvalue weighted by Gasteiger charge is -2.19. The van der Waals surface area contributed by atoms with E-state index in [1.165, 1.54) is 17.3 Å². The van der Waals surface area contributed by atoms with E-state index in [-0.39, 0.29) is 11.3 Å². The monoisotopic (exact) mass is 357 g/mol. The van der Waals surface area contributed by atoms with E-state index < -0.39 is 6.03 Å². The Balaban J connectivity index is 1.89. The van der Waals surface area contributed by atoms with Gasteiger partial charge in [-0.2, -0.15) is 0 Å². The SMILES string of the molecule is CC(C)(C)c1ccc(SCC(=O)Nc2cccc(NC(N)=O)c2)cc1. The van der Waals surface area contributed by atoms with Crippen molar-refractivity contribution in [2.75, 3.05) is 16.4 Å². The third-order valence-corrected chi connectivity index (χ3v) is 4.52. The van der Waals surface area contributed by atoms with Gasteiger partial charge in [0.1, 0.15) is 0 Å². The molecule has 5 nitrogen and oxygen atoms in total. The highest BCUT2D eigenvalue weighted by Crippen LogP contribution is 2.25. The van der Waals surface area contributed by atoms with E-state index in [4.69, 9.17) is 5.73 Å². The Hall–Kier alpha value is -2.47. The number of carbonyl (C=O) groups excluding carboxylic acids is 2. The molecule has 0 aliphatic rings. The van der Waals surface area contributed by atoms with Gasteiger partial charge in [0, 0.05) is 16.3 Å². The van der Waals surface area contributed by atoms with Crippen LogP contribution >= 0.6 is 11.8 Å². The summed E-state index contributed by atoms with van der Waals surface area (Å²) < 4.78 is 0. The Labute approximate surface area is 152 Å². The van der Waals surface area contributed by atoms with Gasteiger partial charge in [-0.3, -0.25) is 4.79 Å². The predicted molar refractivity (Wildman–Crippen MR) is 104 cm³/mol. The molecule has 2 rings (SSSR count). The number of primary amides is 1. The van der Waals surface area contributed by atoms with Gasteiger partial charge in [0.15, 0.2) is 0 Å². The van der Waals surface area contributed by atoms with Gasteiger partial charge < -0.3 is 16.4 Å². The second-order valence-electron chi connectivity index (χ2n) is 6.68. The van der Waals surface area contributed by atoms with Gasteiger partial charge in [-0.15, -0.1) is 11.8 Å². The maximum Gasteiger partial charge on any atom is 0.316 e. The smallest absolute Gasteiger partial charge is 0.316 e. The van der Waals surface area contributed by atoms with Gasteiger partial charge in [-0.1, -0.05) is 39.0 Å². The Bertz CT molecular complexity index is 752. The summed E-state index contributed by atoms with van der Waals surface area (Å²) in [6.45, 7) is 6.51. The standard InChI is InChI=1S/C19H23N3O2S/c1-19(2,3)13-7-9-16(10-8-13)25-12-17(23)21-14-5-4-6-15(11-14)22-18(20)24/h4-11H,12H2,1-3H3,(H,21,23)(H3,20,22,24). The number of amides is 3.